The fourth-order valence-corrected chi connectivity index (χ4v) is 10.4. The van der Waals surface area contributed by atoms with Crippen LogP contribution in [0, 0.1) is 50.2 Å². The first-order chi connectivity index (χ1) is 15.6. The number of aliphatic hydroxyl groups excluding tert-OH is 1. The van der Waals surface area contributed by atoms with Crippen LogP contribution in [0.4, 0.5) is 0 Å². The molecule has 34 heavy (non-hydrogen) atoms. The Kier molecular flexibility index (Phi) is 5.04. The molecule has 0 heterocycles. The molecule has 4 nitrogen and oxygen atoms in total. The van der Waals surface area contributed by atoms with E-state index in [2.05, 4.69) is 41.5 Å². The number of ketones is 1. The van der Waals surface area contributed by atoms with E-state index in [1.807, 2.05) is 13.0 Å². The molecule has 0 aliphatic heterocycles. The predicted octanol–water partition coefficient (Wildman–Crippen LogP) is 5.08. The van der Waals surface area contributed by atoms with Gasteiger partial charge in [-0.1, -0.05) is 54.0 Å². The van der Waals surface area contributed by atoms with E-state index >= 15 is 0 Å². The lowest BCUT2D eigenvalue weighted by molar-refractivity contribution is -0.321. The molecule has 0 aromatic heterocycles. The predicted molar refractivity (Wildman–Crippen MR) is 130 cm³/mol. The standard InChI is InChI=1S/C30H46O4/c1-25(2)21-8-11-30(7)23(28(21,5)10-9-22(25)32)20(31)16-18-19-17-27(4,24(33)34)13-12-26(19,3)14-15-29(18,30)6/h16,19,21-23,32H,8-15,17H2,1-7H3,(H,33,34)/p-1/t19-,21-,22+,23-,26-,27+,28-,29+,30-/m1/s1. The van der Waals surface area contributed by atoms with Crippen molar-refractivity contribution < 1.29 is 19.8 Å². The number of carboxylic acids is 1. The topological polar surface area (TPSA) is 77.4 Å². The highest BCUT2D eigenvalue weighted by atomic mass is 16.4. The summed E-state index contributed by atoms with van der Waals surface area (Å²) in [6, 6.07) is 0. The molecule has 190 valence electrons. The van der Waals surface area contributed by atoms with E-state index in [4.69, 9.17) is 0 Å². The average Bonchev–Trinajstić information content (AvgIpc) is 2.73. The maximum atomic E-state index is 14.2. The summed E-state index contributed by atoms with van der Waals surface area (Å²) in [5.41, 5.74) is -0.0781. The molecule has 5 aliphatic rings. The monoisotopic (exact) mass is 469 g/mol. The Morgan fingerprint density at radius 2 is 1.59 bits per heavy atom. The van der Waals surface area contributed by atoms with Crippen molar-refractivity contribution in [2.24, 2.45) is 50.2 Å². The Bertz CT molecular complexity index is 965. The van der Waals surface area contributed by atoms with Crippen LogP contribution in [-0.4, -0.2) is 23.0 Å². The second-order valence-electron chi connectivity index (χ2n) is 14.9. The lowest BCUT2D eigenvalue weighted by Gasteiger charge is -2.70. The number of carbonyl (C=O) groups excluding carboxylic acids is 2. The summed E-state index contributed by atoms with van der Waals surface area (Å²) in [5, 5.41) is 23.0. The van der Waals surface area contributed by atoms with Gasteiger partial charge in [-0.2, -0.15) is 0 Å². The second-order valence-corrected chi connectivity index (χ2v) is 14.9. The van der Waals surface area contributed by atoms with Gasteiger partial charge in [0, 0.05) is 17.3 Å². The number of rotatable bonds is 1. The second kappa shape index (κ2) is 6.99. The Hall–Kier alpha value is -1.16. The highest BCUT2D eigenvalue weighted by Gasteiger charge is 2.70. The zero-order valence-electron chi connectivity index (χ0n) is 22.4. The zero-order valence-corrected chi connectivity index (χ0v) is 22.4. The largest absolute Gasteiger partial charge is 0.550 e. The van der Waals surface area contributed by atoms with Crippen LogP contribution in [0.2, 0.25) is 0 Å². The Balaban J connectivity index is 1.62. The number of aliphatic carboxylic acids is 1. The molecule has 9 atom stereocenters. The van der Waals surface area contributed by atoms with Crippen molar-refractivity contribution >= 4 is 11.8 Å². The number of carbonyl (C=O) groups is 2. The SMILES string of the molecule is CC1(C)[C@H]2CC[C@]3(C)[C@H](C(=O)C=C4[C@H]5C[C@@](C)(C(=O)[O-])CC[C@]5(C)CC[C@@]43C)[C@]2(C)CC[C@@H]1O. The van der Waals surface area contributed by atoms with Crippen LogP contribution in [0.25, 0.3) is 0 Å². The van der Waals surface area contributed by atoms with Gasteiger partial charge in [0.15, 0.2) is 5.78 Å². The van der Waals surface area contributed by atoms with E-state index in [1.165, 1.54) is 5.57 Å². The molecule has 5 aliphatic carbocycles. The van der Waals surface area contributed by atoms with Crippen molar-refractivity contribution in [3.63, 3.8) is 0 Å². The lowest BCUT2D eigenvalue weighted by Crippen LogP contribution is -2.66. The Labute approximate surface area is 206 Å². The third-order valence-corrected chi connectivity index (χ3v) is 13.0. The van der Waals surface area contributed by atoms with Gasteiger partial charge in [-0.05, 0) is 103 Å². The van der Waals surface area contributed by atoms with Gasteiger partial charge in [-0.15, -0.1) is 0 Å². The first-order valence-corrected chi connectivity index (χ1v) is 13.7. The number of aliphatic hydroxyl groups is 1. The lowest BCUT2D eigenvalue weighted by atomic mass is 9.33. The van der Waals surface area contributed by atoms with Gasteiger partial charge < -0.3 is 15.0 Å². The quantitative estimate of drug-likeness (QED) is 0.581. The molecule has 4 saturated carbocycles. The maximum Gasteiger partial charge on any atom is 0.159 e. The van der Waals surface area contributed by atoms with E-state index in [1.54, 1.807) is 0 Å². The minimum atomic E-state index is -0.940. The fraction of sp³-hybridized carbons (Fsp3) is 0.867. The maximum absolute atomic E-state index is 14.2. The zero-order chi connectivity index (χ0) is 25.1. The van der Waals surface area contributed by atoms with Crippen LogP contribution in [0.15, 0.2) is 11.6 Å². The number of carboxylic acid groups (broad SMARTS) is 1. The highest BCUT2D eigenvalue weighted by Crippen LogP contribution is 2.75. The van der Waals surface area contributed by atoms with Crippen LogP contribution in [0.5, 0.6) is 0 Å². The van der Waals surface area contributed by atoms with Crippen LogP contribution < -0.4 is 5.11 Å². The Morgan fingerprint density at radius 1 is 0.941 bits per heavy atom. The third-order valence-electron chi connectivity index (χ3n) is 13.0. The van der Waals surface area contributed by atoms with E-state index in [9.17, 15) is 19.8 Å². The van der Waals surface area contributed by atoms with Gasteiger partial charge in [-0.25, -0.2) is 0 Å². The molecule has 0 amide bonds. The number of hydrogen-bond donors (Lipinski definition) is 1. The van der Waals surface area contributed by atoms with Crippen molar-refractivity contribution in [2.75, 3.05) is 0 Å². The molecule has 0 aromatic carbocycles. The molecule has 1 N–H and O–H groups in total. The molecule has 4 heteroatoms. The van der Waals surface area contributed by atoms with Crippen molar-refractivity contribution in [1.82, 2.24) is 0 Å². The van der Waals surface area contributed by atoms with Crippen molar-refractivity contribution in [2.45, 2.75) is 112 Å². The summed E-state index contributed by atoms with van der Waals surface area (Å²) >= 11 is 0. The van der Waals surface area contributed by atoms with Crippen molar-refractivity contribution in [3.8, 4) is 0 Å². The highest BCUT2D eigenvalue weighted by molar-refractivity contribution is 5.95. The Morgan fingerprint density at radius 3 is 2.24 bits per heavy atom. The first-order valence-electron chi connectivity index (χ1n) is 13.7. The molecule has 0 bridgehead atoms. The van der Waals surface area contributed by atoms with E-state index < -0.39 is 11.4 Å². The van der Waals surface area contributed by atoms with Crippen molar-refractivity contribution in [3.05, 3.63) is 11.6 Å². The molecular formula is C30H45O4-. The van der Waals surface area contributed by atoms with Gasteiger partial charge in [0.25, 0.3) is 0 Å². The minimum Gasteiger partial charge on any atom is -0.550 e. The van der Waals surface area contributed by atoms with E-state index in [-0.39, 0.29) is 50.8 Å². The molecule has 5 rings (SSSR count). The summed E-state index contributed by atoms with van der Waals surface area (Å²) in [6.07, 6.45) is 9.69. The number of fused-ring (bicyclic) bond motifs is 7. The van der Waals surface area contributed by atoms with Crippen LogP contribution in [-0.2, 0) is 9.59 Å². The van der Waals surface area contributed by atoms with Gasteiger partial charge >= 0.3 is 0 Å². The molecule has 0 aromatic rings. The third kappa shape index (κ3) is 2.81. The minimum absolute atomic E-state index is 0.0419. The summed E-state index contributed by atoms with van der Waals surface area (Å²) < 4.78 is 0. The smallest absolute Gasteiger partial charge is 0.159 e. The summed E-state index contributed by atoms with van der Waals surface area (Å²) in [4.78, 5) is 26.3. The van der Waals surface area contributed by atoms with E-state index in [0.29, 0.717) is 18.8 Å². The summed E-state index contributed by atoms with van der Waals surface area (Å²) in [7, 11) is 0. The number of allylic oxidation sites excluding steroid dienone is 2. The normalized spacial score (nSPS) is 54.1. The average molecular weight is 470 g/mol. The summed E-state index contributed by atoms with van der Waals surface area (Å²) in [6.45, 7) is 15.7. The molecule has 4 fully saturated rings. The molecular weight excluding hydrogens is 424 g/mol. The van der Waals surface area contributed by atoms with Crippen LogP contribution in [0.1, 0.15) is 106 Å². The number of hydrogen-bond acceptors (Lipinski definition) is 4. The van der Waals surface area contributed by atoms with Gasteiger partial charge in [0.05, 0.1) is 6.10 Å². The van der Waals surface area contributed by atoms with Crippen LogP contribution in [0.3, 0.4) is 0 Å². The molecule has 0 spiro atoms. The fourth-order valence-electron chi connectivity index (χ4n) is 10.4. The van der Waals surface area contributed by atoms with Gasteiger partial charge in [0.1, 0.15) is 0 Å². The molecule has 0 saturated heterocycles. The molecule has 0 radical (unpaired) electrons. The van der Waals surface area contributed by atoms with Gasteiger partial charge in [0.2, 0.25) is 0 Å². The van der Waals surface area contributed by atoms with Gasteiger partial charge in [-0.3, -0.25) is 4.79 Å². The molecule has 0 unspecified atom stereocenters. The van der Waals surface area contributed by atoms with E-state index in [0.717, 1.165) is 44.9 Å². The summed E-state index contributed by atoms with van der Waals surface area (Å²) in [5.74, 6) is -0.266. The van der Waals surface area contributed by atoms with Crippen molar-refractivity contribution in [1.29, 1.82) is 0 Å². The first kappa shape index (κ1) is 24.5. The van der Waals surface area contributed by atoms with Crippen LogP contribution >= 0.6 is 0 Å².